The first kappa shape index (κ1) is 16.9. The van der Waals surface area contributed by atoms with E-state index in [1.807, 2.05) is 37.0 Å². The molecule has 1 amide bonds. The third kappa shape index (κ3) is 4.52. The topological polar surface area (TPSA) is 104 Å². The van der Waals surface area contributed by atoms with E-state index in [2.05, 4.69) is 25.7 Å². The quantitative estimate of drug-likeness (QED) is 0.615. The molecule has 3 rings (SSSR count). The summed E-state index contributed by atoms with van der Waals surface area (Å²) in [6, 6.07) is 3.76. The molecular formula is C16H21N7O2. The molecule has 3 aromatic rings. The maximum Gasteiger partial charge on any atom is 0.265 e. The monoisotopic (exact) mass is 343 g/mol. The molecule has 0 aliphatic carbocycles. The average Bonchev–Trinajstić information content (AvgIpc) is 3.31. The van der Waals surface area contributed by atoms with Gasteiger partial charge in [-0.15, -0.1) is 10.2 Å². The lowest BCUT2D eigenvalue weighted by atomic mass is 10.3. The van der Waals surface area contributed by atoms with Crippen molar-refractivity contribution in [2.75, 3.05) is 6.54 Å². The fourth-order valence-electron chi connectivity index (χ4n) is 2.48. The van der Waals surface area contributed by atoms with Gasteiger partial charge in [-0.05, 0) is 25.5 Å². The fourth-order valence-corrected chi connectivity index (χ4v) is 2.48. The Balaban J connectivity index is 1.41. The van der Waals surface area contributed by atoms with E-state index in [1.165, 1.54) is 0 Å². The SMILES string of the molecule is Cc1cc(-c2nnc(CCC(=O)NCCCn3cccn3)o2)n(C)n1. The zero-order valence-electron chi connectivity index (χ0n) is 14.3. The van der Waals surface area contributed by atoms with Crippen molar-refractivity contribution >= 4 is 5.91 Å². The molecule has 0 aliphatic rings. The van der Waals surface area contributed by atoms with Crippen LogP contribution < -0.4 is 5.32 Å². The minimum absolute atomic E-state index is 0.0309. The Labute approximate surface area is 145 Å². The molecule has 0 fully saturated rings. The van der Waals surface area contributed by atoms with Crippen LogP contribution in [-0.2, 0) is 24.8 Å². The first-order chi connectivity index (χ1) is 12.1. The van der Waals surface area contributed by atoms with Crippen molar-refractivity contribution in [3.63, 3.8) is 0 Å². The van der Waals surface area contributed by atoms with Gasteiger partial charge in [0.2, 0.25) is 11.8 Å². The Morgan fingerprint density at radius 2 is 2.24 bits per heavy atom. The van der Waals surface area contributed by atoms with Gasteiger partial charge in [-0.2, -0.15) is 10.2 Å². The summed E-state index contributed by atoms with van der Waals surface area (Å²) < 4.78 is 9.15. The standard InChI is InChI=1S/C16H21N7O2/c1-12-11-13(22(2)21-12)16-20-19-15(25-16)6-5-14(24)17-7-3-9-23-10-4-8-18-23/h4,8,10-11H,3,5-7,9H2,1-2H3,(H,17,24). The van der Waals surface area contributed by atoms with Crippen LogP contribution in [0.15, 0.2) is 28.9 Å². The number of rotatable bonds is 8. The van der Waals surface area contributed by atoms with Gasteiger partial charge in [0.15, 0.2) is 0 Å². The molecule has 0 unspecified atom stereocenters. The molecule has 0 aromatic carbocycles. The Morgan fingerprint density at radius 3 is 2.96 bits per heavy atom. The molecule has 0 atom stereocenters. The van der Waals surface area contributed by atoms with E-state index in [0.29, 0.717) is 31.2 Å². The lowest BCUT2D eigenvalue weighted by molar-refractivity contribution is -0.121. The van der Waals surface area contributed by atoms with Gasteiger partial charge in [0.1, 0.15) is 5.69 Å². The van der Waals surface area contributed by atoms with Gasteiger partial charge in [0.05, 0.1) is 5.69 Å². The molecule has 0 radical (unpaired) electrons. The van der Waals surface area contributed by atoms with E-state index in [1.54, 1.807) is 10.9 Å². The second kappa shape index (κ2) is 7.73. The predicted octanol–water partition coefficient (Wildman–Crippen LogP) is 1.11. The van der Waals surface area contributed by atoms with Gasteiger partial charge in [-0.3, -0.25) is 14.2 Å². The van der Waals surface area contributed by atoms with Gasteiger partial charge < -0.3 is 9.73 Å². The van der Waals surface area contributed by atoms with Crippen LogP contribution in [0, 0.1) is 6.92 Å². The number of carbonyl (C=O) groups is 1. The molecule has 0 aliphatic heterocycles. The minimum Gasteiger partial charge on any atom is -0.419 e. The number of hydrogen-bond donors (Lipinski definition) is 1. The fraction of sp³-hybridized carbons (Fsp3) is 0.438. The molecule has 25 heavy (non-hydrogen) atoms. The third-order valence-electron chi connectivity index (χ3n) is 3.70. The maximum atomic E-state index is 11.9. The minimum atomic E-state index is -0.0309. The van der Waals surface area contributed by atoms with Crippen LogP contribution in [0.25, 0.3) is 11.6 Å². The summed E-state index contributed by atoms with van der Waals surface area (Å²) in [5.74, 6) is 0.829. The lowest BCUT2D eigenvalue weighted by Gasteiger charge is -2.04. The number of amides is 1. The largest absolute Gasteiger partial charge is 0.419 e. The van der Waals surface area contributed by atoms with Gasteiger partial charge in [0, 0.05) is 45.4 Å². The first-order valence-corrected chi connectivity index (χ1v) is 8.19. The van der Waals surface area contributed by atoms with Crippen LogP contribution >= 0.6 is 0 Å². The van der Waals surface area contributed by atoms with E-state index in [-0.39, 0.29) is 5.91 Å². The number of hydrogen-bond acceptors (Lipinski definition) is 6. The number of aromatic nitrogens is 6. The van der Waals surface area contributed by atoms with Crippen molar-refractivity contribution in [3.05, 3.63) is 36.1 Å². The van der Waals surface area contributed by atoms with Gasteiger partial charge in [0.25, 0.3) is 5.89 Å². The summed E-state index contributed by atoms with van der Waals surface area (Å²) in [6.07, 6.45) is 5.20. The van der Waals surface area contributed by atoms with Crippen LogP contribution in [0.4, 0.5) is 0 Å². The van der Waals surface area contributed by atoms with E-state index in [0.717, 1.165) is 24.4 Å². The molecule has 0 saturated carbocycles. The second-order valence-corrected chi connectivity index (χ2v) is 5.77. The van der Waals surface area contributed by atoms with Crippen LogP contribution in [-0.4, -0.2) is 42.2 Å². The number of aryl methyl sites for hydroxylation is 4. The number of nitrogens with zero attached hydrogens (tertiary/aromatic N) is 6. The van der Waals surface area contributed by atoms with Gasteiger partial charge >= 0.3 is 0 Å². The summed E-state index contributed by atoms with van der Waals surface area (Å²) >= 11 is 0. The lowest BCUT2D eigenvalue weighted by Crippen LogP contribution is -2.25. The van der Waals surface area contributed by atoms with Crippen LogP contribution in [0.1, 0.15) is 24.4 Å². The highest BCUT2D eigenvalue weighted by Gasteiger charge is 2.14. The Bertz CT molecular complexity index is 820. The molecule has 1 N–H and O–H groups in total. The van der Waals surface area contributed by atoms with Crippen molar-refractivity contribution in [1.82, 2.24) is 35.1 Å². The second-order valence-electron chi connectivity index (χ2n) is 5.77. The zero-order valence-corrected chi connectivity index (χ0v) is 14.3. The molecule has 0 spiro atoms. The first-order valence-electron chi connectivity index (χ1n) is 8.19. The molecule has 3 aromatic heterocycles. The van der Waals surface area contributed by atoms with E-state index in [4.69, 9.17) is 4.42 Å². The molecular weight excluding hydrogens is 322 g/mol. The highest BCUT2D eigenvalue weighted by atomic mass is 16.4. The predicted molar refractivity (Wildman–Crippen MR) is 89.4 cm³/mol. The van der Waals surface area contributed by atoms with E-state index in [9.17, 15) is 4.79 Å². The van der Waals surface area contributed by atoms with Crippen molar-refractivity contribution in [1.29, 1.82) is 0 Å². The number of nitrogens with one attached hydrogen (secondary N) is 1. The van der Waals surface area contributed by atoms with E-state index >= 15 is 0 Å². The highest BCUT2D eigenvalue weighted by Crippen LogP contribution is 2.18. The van der Waals surface area contributed by atoms with Gasteiger partial charge in [-0.1, -0.05) is 0 Å². The highest BCUT2D eigenvalue weighted by molar-refractivity contribution is 5.75. The average molecular weight is 343 g/mol. The maximum absolute atomic E-state index is 11.9. The molecule has 3 heterocycles. The summed E-state index contributed by atoms with van der Waals surface area (Å²) in [5, 5.41) is 19.3. The molecule has 9 heteroatoms. The number of carbonyl (C=O) groups excluding carboxylic acids is 1. The van der Waals surface area contributed by atoms with Crippen LogP contribution in [0.5, 0.6) is 0 Å². The van der Waals surface area contributed by atoms with Crippen molar-refractivity contribution in [2.24, 2.45) is 7.05 Å². The van der Waals surface area contributed by atoms with Crippen LogP contribution in [0.2, 0.25) is 0 Å². The van der Waals surface area contributed by atoms with Crippen LogP contribution in [0.3, 0.4) is 0 Å². The zero-order chi connectivity index (χ0) is 17.6. The molecule has 0 saturated heterocycles. The smallest absolute Gasteiger partial charge is 0.265 e. The summed E-state index contributed by atoms with van der Waals surface area (Å²) in [5.41, 5.74) is 1.64. The normalized spacial score (nSPS) is 11.0. The molecule has 0 bridgehead atoms. The summed E-state index contributed by atoms with van der Waals surface area (Å²) in [4.78, 5) is 11.9. The molecule has 132 valence electrons. The van der Waals surface area contributed by atoms with Crippen molar-refractivity contribution < 1.29 is 9.21 Å². The summed E-state index contributed by atoms with van der Waals surface area (Å²) in [6.45, 7) is 3.30. The van der Waals surface area contributed by atoms with Crippen molar-refractivity contribution in [3.8, 4) is 11.6 Å². The third-order valence-corrected chi connectivity index (χ3v) is 3.70. The Kier molecular flexibility index (Phi) is 5.22. The Hall–Kier alpha value is -2.97. The summed E-state index contributed by atoms with van der Waals surface area (Å²) in [7, 11) is 1.82. The molecule has 9 nitrogen and oxygen atoms in total. The Morgan fingerprint density at radius 1 is 1.36 bits per heavy atom. The van der Waals surface area contributed by atoms with Crippen molar-refractivity contribution in [2.45, 2.75) is 32.7 Å². The van der Waals surface area contributed by atoms with Gasteiger partial charge in [-0.25, -0.2) is 0 Å². The van der Waals surface area contributed by atoms with E-state index < -0.39 is 0 Å².